The zero-order chi connectivity index (χ0) is 13.8. The minimum absolute atomic E-state index is 0.321. The minimum Gasteiger partial charge on any atom is -0.397 e. The van der Waals surface area contributed by atoms with Crippen LogP contribution in [0.1, 0.15) is 5.56 Å². The molecule has 0 fully saturated rings. The van der Waals surface area contributed by atoms with Crippen LogP contribution in [0.4, 0.5) is 21.9 Å². The van der Waals surface area contributed by atoms with E-state index in [0.29, 0.717) is 11.4 Å². The van der Waals surface area contributed by atoms with E-state index in [2.05, 4.69) is 26.6 Å². The number of amides is 2. The summed E-state index contributed by atoms with van der Waals surface area (Å²) in [5, 5.41) is 5.45. The van der Waals surface area contributed by atoms with Crippen LogP contribution in [0.15, 0.2) is 46.9 Å². The lowest BCUT2D eigenvalue weighted by Gasteiger charge is -2.10. The van der Waals surface area contributed by atoms with Crippen LogP contribution in [0.3, 0.4) is 0 Å². The number of hydrogen-bond donors (Lipinski definition) is 3. The SMILES string of the molecule is Cc1ccc(NC(=O)Nc2ccc(Br)cc2N)cc1. The van der Waals surface area contributed by atoms with Crippen molar-refractivity contribution in [3.8, 4) is 0 Å². The number of nitrogen functional groups attached to an aromatic ring is 1. The predicted molar refractivity (Wildman–Crippen MR) is 82.4 cm³/mol. The van der Waals surface area contributed by atoms with Gasteiger partial charge in [-0.1, -0.05) is 33.6 Å². The van der Waals surface area contributed by atoms with Gasteiger partial charge in [-0.25, -0.2) is 4.79 Å². The van der Waals surface area contributed by atoms with Crippen molar-refractivity contribution >= 4 is 39.0 Å². The maximum absolute atomic E-state index is 11.8. The lowest BCUT2D eigenvalue weighted by atomic mass is 10.2. The summed E-state index contributed by atoms with van der Waals surface area (Å²) in [4.78, 5) is 11.8. The Morgan fingerprint density at radius 3 is 2.42 bits per heavy atom. The molecule has 0 unspecified atom stereocenters. The minimum atomic E-state index is -0.321. The largest absolute Gasteiger partial charge is 0.397 e. The topological polar surface area (TPSA) is 67.2 Å². The van der Waals surface area contributed by atoms with Crippen molar-refractivity contribution in [2.75, 3.05) is 16.4 Å². The number of benzene rings is 2. The number of carbonyl (C=O) groups is 1. The fourth-order valence-corrected chi connectivity index (χ4v) is 1.95. The van der Waals surface area contributed by atoms with Crippen molar-refractivity contribution in [3.05, 3.63) is 52.5 Å². The van der Waals surface area contributed by atoms with Crippen LogP contribution >= 0.6 is 15.9 Å². The number of urea groups is 1. The summed E-state index contributed by atoms with van der Waals surface area (Å²) in [6.07, 6.45) is 0. The maximum atomic E-state index is 11.8. The first kappa shape index (κ1) is 13.4. The highest BCUT2D eigenvalue weighted by Crippen LogP contribution is 2.23. The van der Waals surface area contributed by atoms with Gasteiger partial charge in [-0.2, -0.15) is 0 Å². The Kier molecular flexibility index (Phi) is 4.06. The second kappa shape index (κ2) is 5.75. The molecule has 2 aromatic rings. The predicted octanol–water partition coefficient (Wildman–Crippen LogP) is 3.98. The van der Waals surface area contributed by atoms with Gasteiger partial charge >= 0.3 is 6.03 Å². The molecule has 4 nitrogen and oxygen atoms in total. The molecule has 98 valence electrons. The van der Waals surface area contributed by atoms with Gasteiger partial charge in [0, 0.05) is 10.2 Å². The lowest BCUT2D eigenvalue weighted by molar-refractivity contribution is 0.262. The summed E-state index contributed by atoms with van der Waals surface area (Å²) in [7, 11) is 0. The van der Waals surface area contributed by atoms with E-state index in [9.17, 15) is 4.79 Å². The lowest BCUT2D eigenvalue weighted by Crippen LogP contribution is -2.20. The molecular weight excluding hydrogens is 306 g/mol. The molecule has 0 spiro atoms. The van der Waals surface area contributed by atoms with Crippen LogP contribution in [0, 0.1) is 6.92 Å². The molecule has 0 saturated heterocycles. The molecule has 4 N–H and O–H groups in total. The van der Waals surface area contributed by atoms with E-state index in [1.807, 2.05) is 37.3 Å². The number of carbonyl (C=O) groups excluding carboxylic acids is 1. The normalized spacial score (nSPS) is 10.0. The van der Waals surface area contributed by atoms with Gasteiger partial charge in [0.15, 0.2) is 0 Å². The Labute approximate surface area is 120 Å². The van der Waals surface area contributed by atoms with Crippen molar-refractivity contribution in [1.29, 1.82) is 0 Å². The smallest absolute Gasteiger partial charge is 0.323 e. The molecule has 0 aliphatic carbocycles. The maximum Gasteiger partial charge on any atom is 0.323 e. The van der Waals surface area contributed by atoms with Crippen LogP contribution < -0.4 is 16.4 Å². The summed E-state index contributed by atoms with van der Waals surface area (Å²) >= 11 is 3.31. The summed E-state index contributed by atoms with van der Waals surface area (Å²) in [6, 6.07) is 12.5. The molecule has 0 aliphatic heterocycles. The van der Waals surface area contributed by atoms with Crippen LogP contribution in [0.5, 0.6) is 0 Å². The molecule has 0 atom stereocenters. The van der Waals surface area contributed by atoms with E-state index in [1.165, 1.54) is 0 Å². The van der Waals surface area contributed by atoms with Crippen LogP contribution in [-0.2, 0) is 0 Å². The van der Waals surface area contributed by atoms with Gasteiger partial charge in [-0.05, 0) is 37.3 Å². The Balaban J connectivity index is 2.03. The van der Waals surface area contributed by atoms with Crippen molar-refractivity contribution in [3.63, 3.8) is 0 Å². The third kappa shape index (κ3) is 3.72. The second-order valence-electron chi connectivity index (χ2n) is 4.18. The number of rotatable bonds is 2. The number of hydrogen-bond acceptors (Lipinski definition) is 2. The number of anilines is 3. The summed E-state index contributed by atoms with van der Waals surface area (Å²) in [5.74, 6) is 0. The molecule has 0 bridgehead atoms. The van der Waals surface area contributed by atoms with Gasteiger partial charge in [0.2, 0.25) is 0 Å². The highest BCUT2D eigenvalue weighted by Gasteiger charge is 2.05. The third-order valence-corrected chi connectivity index (χ3v) is 3.06. The van der Waals surface area contributed by atoms with Gasteiger partial charge in [0.25, 0.3) is 0 Å². The van der Waals surface area contributed by atoms with Crippen molar-refractivity contribution < 1.29 is 4.79 Å². The fraction of sp³-hybridized carbons (Fsp3) is 0.0714. The Bertz CT molecular complexity index is 596. The average molecular weight is 320 g/mol. The summed E-state index contributed by atoms with van der Waals surface area (Å²) < 4.78 is 0.870. The van der Waals surface area contributed by atoms with Crippen LogP contribution in [0.25, 0.3) is 0 Å². The van der Waals surface area contributed by atoms with E-state index >= 15 is 0 Å². The first-order valence-corrected chi connectivity index (χ1v) is 6.53. The van der Waals surface area contributed by atoms with Crippen molar-refractivity contribution in [1.82, 2.24) is 0 Å². The number of nitrogens with two attached hydrogens (primary N) is 1. The quantitative estimate of drug-likeness (QED) is 0.733. The van der Waals surface area contributed by atoms with Gasteiger partial charge in [0.05, 0.1) is 11.4 Å². The highest BCUT2D eigenvalue weighted by atomic mass is 79.9. The Hall–Kier alpha value is -2.01. The van der Waals surface area contributed by atoms with E-state index in [4.69, 9.17) is 5.73 Å². The van der Waals surface area contributed by atoms with Gasteiger partial charge in [-0.3, -0.25) is 0 Å². The van der Waals surface area contributed by atoms with Crippen LogP contribution in [0.2, 0.25) is 0 Å². The number of halogens is 1. The van der Waals surface area contributed by atoms with Crippen molar-refractivity contribution in [2.24, 2.45) is 0 Å². The molecule has 19 heavy (non-hydrogen) atoms. The van der Waals surface area contributed by atoms with Gasteiger partial charge < -0.3 is 16.4 Å². The average Bonchev–Trinajstić information content (AvgIpc) is 2.36. The molecule has 2 amide bonds. The molecule has 0 aromatic heterocycles. The standard InChI is InChI=1S/C14H14BrN3O/c1-9-2-5-11(6-3-9)17-14(19)18-13-7-4-10(15)8-12(13)16/h2-8H,16H2,1H3,(H2,17,18,19). The summed E-state index contributed by atoms with van der Waals surface area (Å²) in [5.41, 5.74) is 8.77. The Morgan fingerprint density at radius 1 is 1.11 bits per heavy atom. The molecule has 0 radical (unpaired) electrons. The van der Waals surface area contributed by atoms with E-state index in [-0.39, 0.29) is 6.03 Å². The molecular formula is C14H14BrN3O. The van der Waals surface area contributed by atoms with Gasteiger partial charge in [0.1, 0.15) is 0 Å². The number of aryl methyl sites for hydroxylation is 1. The molecule has 2 aromatic carbocycles. The second-order valence-corrected chi connectivity index (χ2v) is 5.09. The third-order valence-electron chi connectivity index (χ3n) is 2.57. The molecule has 5 heteroatoms. The van der Waals surface area contributed by atoms with E-state index < -0.39 is 0 Å². The van der Waals surface area contributed by atoms with E-state index in [1.54, 1.807) is 12.1 Å². The van der Waals surface area contributed by atoms with Crippen LogP contribution in [-0.4, -0.2) is 6.03 Å². The molecule has 0 aliphatic rings. The summed E-state index contributed by atoms with van der Waals surface area (Å²) in [6.45, 7) is 1.99. The fourth-order valence-electron chi connectivity index (χ4n) is 1.57. The first-order valence-electron chi connectivity index (χ1n) is 5.74. The zero-order valence-electron chi connectivity index (χ0n) is 10.4. The molecule has 0 saturated carbocycles. The first-order chi connectivity index (χ1) is 9.04. The monoisotopic (exact) mass is 319 g/mol. The number of nitrogens with one attached hydrogen (secondary N) is 2. The Morgan fingerprint density at radius 2 is 1.79 bits per heavy atom. The van der Waals surface area contributed by atoms with E-state index in [0.717, 1.165) is 15.7 Å². The highest BCUT2D eigenvalue weighted by molar-refractivity contribution is 9.10. The molecule has 0 heterocycles. The molecule has 2 rings (SSSR count). The zero-order valence-corrected chi connectivity index (χ0v) is 12.0. The van der Waals surface area contributed by atoms with Gasteiger partial charge in [-0.15, -0.1) is 0 Å². The van der Waals surface area contributed by atoms with Crippen molar-refractivity contribution in [2.45, 2.75) is 6.92 Å².